The van der Waals surface area contributed by atoms with E-state index < -0.39 is 4.92 Å². The number of hydrogen-bond acceptors (Lipinski definition) is 7. The lowest BCUT2D eigenvalue weighted by atomic mass is 9.99. The molecule has 1 amide bonds. The van der Waals surface area contributed by atoms with Gasteiger partial charge in [-0.1, -0.05) is 25.1 Å². The molecular weight excluding hydrogens is 470 g/mol. The Morgan fingerprint density at radius 2 is 1.86 bits per heavy atom. The third kappa shape index (κ3) is 5.26. The molecule has 2 aromatic carbocycles. The van der Waals surface area contributed by atoms with E-state index in [1.807, 2.05) is 31.2 Å². The van der Waals surface area contributed by atoms with Crippen molar-refractivity contribution >= 4 is 17.5 Å². The quantitative estimate of drug-likeness (QED) is 0.348. The first-order valence-electron chi connectivity index (χ1n) is 12.7. The highest BCUT2D eigenvalue weighted by atomic mass is 16.6. The van der Waals surface area contributed by atoms with Gasteiger partial charge in [0.15, 0.2) is 0 Å². The minimum absolute atomic E-state index is 0.0597. The zero-order valence-corrected chi connectivity index (χ0v) is 21.4. The average Bonchev–Trinajstić information content (AvgIpc) is 2.88. The molecule has 1 aromatic heterocycles. The van der Waals surface area contributed by atoms with E-state index >= 15 is 0 Å². The molecule has 9 heteroatoms. The molecule has 3 heterocycles. The maximum Gasteiger partial charge on any atom is 0.273 e. The maximum absolute atomic E-state index is 13.4. The van der Waals surface area contributed by atoms with Crippen molar-refractivity contribution in [2.24, 2.45) is 5.92 Å². The molecule has 3 aromatic rings. The van der Waals surface area contributed by atoms with Gasteiger partial charge in [0.05, 0.1) is 22.7 Å². The standard InChI is InChI=1S/C28H31N5O4/c1-18-9-12-31(13-10-18)28-29-24-11-14-32(27(34)21-8-7-20(3)25(16-21)33(35)36)17-23(24)26(30-28)37-22-6-4-5-19(2)15-22/h4-8,15-16,18H,9-14,17H2,1-3H3. The lowest BCUT2D eigenvalue weighted by Gasteiger charge is -2.33. The Hall–Kier alpha value is -4.01. The van der Waals surface area contributed by atoms with Crippen molar-refractivity contribution < 1.29 is 14.5 Å². The first-order valence-corrected chi connectivity index (χ1v) is 12.7. The molecule has 37 heavy (non-hydrogen) atoms. The molecule has 5 rings (SSSR count). The second-order valence-corrected chi connectivity index (χ2v) is 10.1. The van der Waals surface area contributed by atoms with E-state index in [4.69, 9.17) is 14.7 Å². The van der Waals surface area contributed by atoms with Crippen molar-refractivity contribution in [3.8, 4) is 11.6 Å². The minimum Gasteiger partial charge on any atom is -0.438 e. The number of aromatic nitrogens is 2. The Morgan fingerprint density at radius 3 is 2.59 bits per heavy atom. The van der Waals surface area contributed by atoms with Gasteiger partial charge in [0, 0.05) is 43.2 Å². The van der Waals surface area contributed by atoms with Gasteiger partial charge in [-0.2, -0.15) is 4.98 Å². The molecule has 9 nitrogen and oxygen atoms in total. The highest BCUT2D eigenvalue weighted by Crippen LogP contribution is 2.33. The molecule has 0 radical (unpaired) electrons. The first kappa shape index (κ1) is 24.7. The summed E-state index contributed by atoms with van der Waals surface area (Å²) in [4.78, 5) is 38.0. The van der Waals surface area contributed by atoms with E-state index in [9.17, 15) is 14.9 Å². The summed E-state index contributed by atoms with van der Waals surface area (Å²) in [5.74, 6) is 2.23. The van der Waals surface area contributed by atoms with E-state index in [0.717, 1.165) is 42.8 Å². The molecule has 192 valence electrons. The molecule has 0 atom stereocenters. The van der Waals surface area contributed by atoms with Crippen LogP contribution in [0.1, 0.15) is 52.5 Å². The van der Waals surface area contributed by atoms with Crippen molar-refractivity contribution in [3.63, 3.8) is 0 Å². The molecule has 0 aliphatic carbocycles. The summed E-state index contributed by atoms with van der Waals surface area (Å²) in [6.45, 7) is 8.48. The summed E-state index contributed by atoms with van der Waals surface area (Å²) in [6.07, 6.45) is 2.75. The van der Waals surface area contributed by atoms with Gasteiger partial charge in [0.25, 0.3) is 11.6 Å². The van der Waals surface area contributed by atoms with Crippen LogP contribution in [0.4, 0.5) is 11.6 Å². The zero-order valence-electron chi connectivity index (χ0n) is 21.4. The van der Waals surface area contributed by atoms with E-state index in [2.05, 4.69) is 11.8 Å². The summed E-state index contributed by atoms with van der Waals surface area (Å²) >= 11 is 0. The summed E-state index contributed by atoms with van der Waals surface area (Å²) < 4.78 is 6.31. The molecule has 1 fully saturated rings. The largest absolute Gasteiger partial charge is 0.438 e. The van der Waals surface area contributed by atoms with E-state index in [1.165, 1.54) is 6.07 Å². The van der Waals surface area contributed by atoms with Gasteiger partial charge in [0.1, 0.15) is 5.75 Å². The van der Waals surface area contributed by atoms with Crippen LogP contribution in [-0.2, 0) is 13.0 Å². The fourth-order valence-electron chi connectivity index (χ4n) is 4.89. The zero-order chi connectivity index (χ0) is 26.1. The van der Waals surface area contributed by atoms with Crippen molar-refractivity contribution in [1.29, 1.82) is 0 Å². The van der Waals surface area contributed by atoms with Crippen LogP contribution in [0, 0.1) is 29.9 Å². The van der Waals surface area contributed by atoms with Gasteiger partial charge in [-0.05, 0) is 56.4 Å². The highest BCUT2D eigenvalue weighted by molar-refractivity contribution is 5.95. The molecule has 0 bridgehead atoms. The van der Waals surface area contributed by atoms with Crippen molar-refractivity contribution in [2.45, 2.75) is 46.6 Å². The summed E-state index contributed by atoms with van der Waals surface area (Å²) in [7, 11) is 0. The van der Waals surface area contributed by atoms with E-state index in [0.29, 0.717) is 47.6 Å². The van der Waals surface area contributed by atoms with Crippen LogP contribution < -0.4 is 9.64 Å². The Morgan fingerprint density at radius 1 is 1.08 bits per heavy atom. The van der Waals surface area contributed by atoms with Gasteiger partial charge in [-0.25, -0.2) is 4.98 Å². The average molecular weight is 502 g/mol. The predicted octanol–water partition coefficient (Wildman–Crippen LogP) is 5.23. The number of benzene rings is 2. The summed E-state index contributed by atoms with van der Waals surface area (Å²) in [6, 6.07) is 12.4. The number of carbonyl (C=O) groups is 1. The Balaban J connectivity index is 1.47. The fourth-order valence-corrected chi connectivity index (χ4v) is 4.89. The number of piperidine rings is 1. The van der Waals surface area contributed by atoms with Gasteiger partial charge in [0.2, 0.25) is 11.8 Å². The minimum atomic E-state index is -0.456. The number of carbonyl (C=O) groups excluding carboxylic acids is 1. The van der Waals surface area contributed by atoms with Crippen LogP contribution in [-0.4, -0.2) is 45.3 Å². The number of fused-ring (bicyclic) bond motifs is 1. The Kier molecular flexibility index (Phi) is 6.78. The van der Waals surface area contributed by atoms with Gasteiger partial charge in [-0.3, -0.25) is 14.9 Å². The molecular formula is C28H31N5O4. The molecule has 2 aliphatic rings. The number of nitro benzene ring substituents is 1. The third-order valence-corrected chi connectivity index (χ3v) is 7.22. The number of anilines is 1. The topological polar surface area (TPSA) is 102 Å². The smallest absolute Gasteiger partial charge is 0.273 e. The van der Waals surface area contributed by atoms with Crippen LogP contribution in [0.5, 0.6) is 11.6 Å². The number of aryl methyl sites for hydroxylation is 2. The van der Waals surface area contributed by atoms with Crippen LogP contribution in [0.2, 0.25) is 0 Å². The van der Waals surface area contributed by atoms with Crippen LogP contribution in [0.25, 0.3) is 0 Å². The number of hydrogen-bond donors (Lipinski definition) is 0. The van der Waals surface area contributed by atoms with Crippen LogP contribution >= 0.6 is 0 Å². The molecule has 0 spiro atoms. The second-order valence-electron chi connectivity index (χ2n) is 10.1. The molecule has 0 unspecified atom stereocenters. The number of amides is 1. The summed E-state index contributed by atoms with van der Waals surface area (Å²) in [5, 5.41) is 11.4. The SMILES string of the molecule is Cc1cccc(Oc2nc(N3CCC(C)CC3)nc3c2CN(C(=O)c2ccc(C)c([N+](=O)[O-])c2)CC3)c1. The molecule has 2 aliphatic heterocycles. The third-order valence-electron chi connectivity index (χ3n) is 7.22. The fraction of sp³-hybridized carbons (Fsp3) is 0.393. The van der Waals surface area contributed by atoms with Crippen LogP contribution in [0.3, 0.4) is 0 Å². The van der Waals surface area contributed by atoms with Crippen molar-refractivity contribution in [3.05, 3.63) is 80.5 Å². The number of nitro groups is 1. The van der Waals surface area contributed by atoms with Gasteiger partial charge < -0.3 is 14.5 Å². The molecule has 0 N–H and O–H groups in total. The van der Waals surface area contributed by atoms with Gasteiger partial charge in [-0.15, -0.1) is 0 Å². The summed E-state index contributed by atoms with van der Waals surface area (Å²) in [5.41, 5.74) is 3.48. The number of ether oxygens (including phenoxy) is 1. The van der Waals surface area contributed by atoms with Crippen LogP contribution in [0.15, 0.2) is 42.5 Å². The highest BCUT2D eigenvalue weighted by Gasteiger charge is 2.30. The number of nitrogens with zero attached hydrogens (tertiary/aromatic N) is 5. The monoisotopic (exact) mass is 501 g/mol. The maximum atomic E-state index is 13.4. The molecule has 0 saturated carbocycles. The first-order chi connectivity index (χ1) is 17.8. The van der Waals surface area contributed by atoms with Gasteiger partial charge >= 0.3 is 0 Å². The normalized spacial score (nSPS) is 15.9. The Bertz CT molecular complexity index is 1350. The number of rotatable bonds is 5. The Labute approximate surface area is 216 Å². The lowest BCUT2D eigenvalue weighted by Crippen LogP contribution is -2.38. The predicted molar refractivity (Wildman–Crippen MR) is 140 cm³/mol. The molecule has 1 saturated heterocycles. The lowest BCUT2D eigenvalue weighted by molar-refractivity contribution is -0.385. The van der Waals surface area contributed by atoms with Crippen molar-refractivity contribution in [2.75, 3.05) is 24.5 Å². The van der Waals surface area contributed by atoms with Crippen molar-refractivity contribution in [1.82, 2.24) is 14.9 Å². The second kappa shape index (κ2) is 10.2. The van der Waals surface area contributed by atoms with E-state index in [1.54, 1.807) is 24.0 Å². The van der Waals surface area contributed by atoms with E-state index in [-0.39, 0.29) is 18.1 Å².